The molecule has 9 heteroatoms. The Balaban J connectivity index is 1.79. The number of carboxylic acid groups (broad SMARTS) is 1. The minimum atomic E-state index is -1.06. The molecule has 1 saturated heterocycles. The van der Waals surface area contributed by atoms with Crippen LogP contribution in [0.1, 0.15) is 29.6 Å². The van der Waals surface area contributed by atoms with Crippen molar-refractivity contribution >= 4 is 45.3 Å². The van der Waals surface area contributed by atoms with Gasteiger partial charge in [0, 0.05) is 17.4 Å². The van der Waals surface area contributed by atoms with E-state index in [0.717, 1.165) is 4.47 Å². The molecule has 2 aliphatic heterocycles. The molecular formula is C16H16BrN3O5. The van der Waals surface area contributed by atoms with Gasteiger partial charge in [0.25, 0.3) is 5.91 Å². The first-order valence-corrected chi connectivity index (χ1v) is 8.58. The molecule has 2 heterocycles. The molecule has 1 fully saturated rings. The number of anilines is 1. The third kappa shape index (κ3) is 3.51. The summed E-state index contributed by atoms with van der Waals surface area (Å²) in [5.74, 6) is -2.15. The van der Waals surface area contributed by atoms with Crippen LogP contribution in [0.4, 0.5) is 5.69 Å². The number of nitrogens with one attached hydrogen (secondary N) is 2. The summed E-state index contributed by atoms with van der Waals surface area (Å²) in [7, 11) is 0. The molecule has 0 aliphatic carbocycles. The average Bonchev–Trinajstić information content (AvgIpc) is 2.93. The summed E-state index contributed by atoms with van der Waals surface area (Å²) < 4.78 is 0.727. The fourth-order valence-electron chi connectivity index (χ4n) is 3.16. The minimum absolute atomic E-state index is 0.165. The van der Waals surface area contributed by atoms with E-state index >= 15 is 0 Å². The van der Waals surface area contributed by atoms with E-state index in [2.05, 4.69) is 26.6 Å². The molecule has 25 heavy (non-hydrogen) atoms. The van der Waals surface area contributed by atoms with Crippen molar-refractivity contribution < 1.29 is 24.3 Å². The summed E-state index contributed by atoms with van der Waals surface area (Å²) in [6.07, 6.45) is -0.00913. The van der Waals surface area contributed by atoms with Gasteiger partial charge in [0.05, 0.1) is 23.7 Å². The van der Waals surface area contributed by atoms with Crippen molar-refractivity contribution in [2.45, 2.75) is 31.3 Å². The van der Waals surface area contributed by atoms with E-state index in [0.29, 0.717) is 24.2 Å². The van der Waals surface area contributed by atoms with Crippen LogP contribution in [0.3, 0.4) is 0 Å². The second kappa shape index (κ2) is 6.83. The highest BCUT2D eigenvalue weighted by molar-refractivity contribution is 9.10. The lowest BCUT2D eigenvalue weighted by molar-refractivity contribution is -0.139. The van der Waals surface area contributed by atoms with Crippen molar-refractivity contribution in [3.63, 3.8) is 0 Å². The summed E-state index contributed by atoms with van der Waals surface area (Å²) in [5.41, 5.74) is 0.826. The van der Waals surface area contributed by atoms with E-state index < -0.39 is 24.0 Å². The van der Waals surface area contributed by atoms with Crippen LogP contribution >= 0.6 is 15.9 Å². The third-order valence-corrected chi connectivity index (χ3v) is 4.80. The first-order chi connectivity index (χ1) is 11.9. The lowest BCUT2D eigenvalue weighted by Crippen LogP contribution is -2.51. The molecule has 2 atom stereocenters. The molecule has 0 spiro atoms. The number of aliphatic carboxylic acids is 1. The Morgan fingerprint density at radius 3 is 2.80 bits per heavy atom. The average molecular weight is 410 g/mol. The van der Waals surface area contributed by atoms with E-state index in [1.807, 2.05) is 0 Å². The number of carboxylic acids is 1. The molecule has 8 nitrogen and oxygen atoms in total. The molecule has 3 amide bonds. The predicted octanol–water partition coefficient (Wildman–Crippen LogP) is 0.965. The second-order valence-electron chi connectivity index (χ2n) is 5.98. The minimum Gasteiger partial charge on any atom is -0.481 e. The molecule has 0 radical (unpaired) electrons. The number of benzene rings is 1. The van der Waals surface area contributed by atoms with Gasteiger partial charge in [0.2, 0.25) is 11.8 Å². The van der Waals surface area contributed by atoms with Crippen LogP contribution in [0.15, 0.2) is 22.7 Å². The Kier molecular flexibility index (Phi) is 4.76. The van der Waals surface area contributed by atoms with Gasteiger partial charge in [-0.3, -0.25) is 19.2 Å². The quantitative estimate of drug-likeness (QED) is 0.684. The number of hydrogen-bond acceptors (Lipinski definition) is 4. The number of halogens is 1. The van der Waals surface area contributed by atoms with Gasteiger partial charge in [-0.2, -0.15) is 0 Å². The van der Waals surface area contributed by atoms with Crippen molar-refractivity contribution in [1.82, 2.24) is 10.2 Å². The van der Waals surface area contributed by atoms with Crippen LogP contribution < -0.4 is 10.6 Å². The molecule has 132 valence electrons. The maximum absolute atomic E-state index is 12.8. The summed E-state index contributed by atoms with van der Waals surface area (Å²) >= 11 is 3.32. The number of rotatable bonds is 4. The number of carbonyl (C=O) groups is 4. The Bertz CT molecular complexity index is 766. The van der Waals surface area contributed by atoms with Crippen LogP contribution in [-0.4, -0.2) is 52.3 Å². The Hall–Kier alpha value is -2.42. The smallest absolute Gasteiger partial charge is 0.303 e. The molecular weight excluding hydrogens is 394 g/mol. The number of fused-ring (bicyclic) bond motifs is 2. The first-order valence-electron chi connectivity index (χ1n) is 7.79. The van der Waals surface area contributed by atoms with Gasteiger partial charge < -0.3 is 20.6 Å². The summed E-state index contributed by atoms with van der Waals surface area (Å²) in [4.78, 5) is 49.3. The van der Waals surface area contributed by atoms with Crippen LogP contribution in [0, 0.1) is 0 Å². The van der Waals surface area contributed by atoms with E-state index in [1.165, 1.54) is 4.90 Å². The topological polar surface area (TPSA) is 116 Å². The van der Waals surface area contributed by atoms with Gasteiger partial charge in [-0.25, -0.2) is 0 Å². The van der Waals surface area contributed by atoms with Crippen LogP contribution in [-0.2, 0) is 14.4 Å². The van der Waals surface area contributed by atoms with E-state index in [4.69, 9.17) is 5.11 Å². The molecule has 3 N–H and O–H groups in total. The Labute approximate surface area is 151 Å². The lowest BCUT2D eigenvalue weighted by Gasteiger charge is -2.24. The molecule has 3 rings (SSSR count). The highest BCUT2D eigenvalue weighted by Crippen LogP contribution is 2.30. The number of nitrogens with zero attached hydrogens (tertiary/aromatic N) is 1. The molecule has 1 aromatic carbocycles. The van der Waals surface area contributed by atoms with Crippen LogP contribution in [0.25, 0.3) is 0 Å². The maximum atomic E-state index is 12.8. The van der Waals surface area contributed by atoms with Crippen molar-refractivity contribution in [3.8, 4) is 0 Å². The second-order valence-corrected chi connectivity index (χ2v) is 6.89. The van der Waals surface area contributed by atoms with Gasteiger partial charge in [0.15, 0.2) is 0 Å². The largest absolute Gasteiger partial charge is 0.481 e. The predicted molar refractivity (Wildman–Crippen MR) is 91.0 cm³/mol. The van der Waals surface area contributed by atoms with Gasteiger partial charge >= 0.3 is 5.97 Å². The summed E-state index contributed by atoms with van der Waals surface area (Å²) in [5, 5.41) is 14.1. The molecule has 2 aliphatic rings. The van der Waals surface area contributed by atoms with Gasteiger partial charge in [-0.05, 0) is 24.6 Å². The summed E-state index contributed by atoms with van der Waals surface area (Å²) in [6.45, 7) is 0.340. The molecule has 0 unspecified atom stereocenters. The zero-order valence-corrected chi connectivity index (χ0v) is 14.7. The van der Waals surface area contributed by atoms with Crippen molar-refractivity contribution in [3.05, 3.63) is 28.2 Å². The molecule has 0 saturated carbocycles. The lowest BCUT2D eigenvalue weighted by atomic mass is 10.1. The SMILES string of the molecule is O=C(O)CCC(=O)N[C@H]1CCN2C(=O)c3cc(Br)ccc3NC(=O)[C@H]12. The fourth-order valence-corrected chi connectivity index (χ4v) is 3.52. The number of carbonyl (C=O) groups excluding carboxylic acids is 3. The normalized spacial score (nSPS) is 21.9. The van der Waals surface area contributed by atoms with Crippen LogP contribution in [0.5, 0.6) is 0 Å². The van der Waals surface area contributed by atoms with E-state index in [-0.39, 0.29) is 24.7 Å². The van der Waals surface area contributed by atoms with Gasteiger partial charge in [-0.1, -0.05) is 15.9 Å². The first kappa shape index (κ1) is 17.4. The van der Waals surface area contributed by atoms with E-state index in [1.54, 1.807) is 18.2 Å². The fraction of sp³-hybridized carbons (Fsp3) is 0.375. The number of amides is 3. The monoisotopic (exact) mass is 409 g/mol. The molecule has 0 bridgehead atoms. The Morgan fingerprint density at radius 2 is 2.08 bits per heavy atom. The highest BCUT2D eigenvalue weighted by Gasteiger charge is 2.45. The highest BCUT2D eigenvalue weighted by atomic mass is 79.9. The van der Waals surface area contributed by atoms with E-state index in [9.17, 15) is 19.2 Å². The van der Waals surface area contributed by atoms with Crippen molar-refractivity contribution in [1.29, 1.82) is 0 Å². The van der Waals surface area contributed by atoms with Gasteiger partial charge in [0.1, 0.15) is 6.04 Å². The maximum Gasteiger partial charge on any atom is 0.303 e. The zero-order valence-electron chi connectivity index (χ0n) is 13.1. The van der Waals surface area contributed by atoms with Crippen molar-refractivity contribution in [2.24, 2.45) is 0 Å². The van der Waals surface area contributed by atoms with Crippen LogP contribution in [0.2, 0.25) is 0 Å². The summed E-state index contributed by atoms with van der Waals surface area (Å²) in [6, 6.07) is 3.68. The molecule has 1 aromatic rings. The standard InChI is InChI=1S/C16H16BrN3O5/c17-8-1-2-10-9(7-8)16(25)20-6-5-11(14(20)15(24)19-10)18-12(21)3-4-13(22)23/h1-2,7,11,14H,3-6H2,(H,18,21)(H,19,24)(H,22,23)/t11-,14-/m0/s1. The van der Waals surface area contributed by atoms with Gasteiger partial charge in [-0.15, -0.1) is 0 Å². The Morgan fingerprint density at radius 1 is 1.32 bits per heavy atom. The number of hydrogen-bond donors (Lipinski definition) is 3. The third-order valence-electron chi connectivity index (χ3n) is 4.31. The molecule has 0 aromatic heterocycles. The zero-order chi connectivity index (χ0) is 18.1. The van der Waals surface area contributed by atoms with Crippen molar-refractivity contribution in [2.75, 3.05) is 11.9 Å².